The quantitative estimate of drug-likeness (QED) is 0.708. The number of thiophene rings is 1. The van der Waals surface area contributed by atoms with Gasteiger partial charge in [0.25, 0.3) is 11.8 Å². The summed E-state index contributed by atoms with van der Waals surface area (Å²) in [5, 5.41) is 1.76. The standard InChI is InChI=1S/C14H11N3O4S/c18-12(15-16-13(19)11-6-3-7-22-11)8-17-9-4-1-2-5-10(9)21-14(17)20/h1-7H,8H2,(H,15,18)(H,16,19). The zero-order valence-corrected chi connectivity index (χ0v) is 12.1. The Labute approximate surface area is 128 Å². The molecule has 22 heavy (non-hydrogen) atoms. The van der Waals surface area contributed by atoms with Gasteiger partial charge < -0.3 is 4.42 Å². The van der Waals surface area contributed by atoms with Crippen molar-refractivity contribution < 1.29 is 14.0 Å². The van der Waals surface area contributed by atoms with Gasteiger partial charge in [0, 0.05) is 0 Å². The van der Waals surface area contributed by atoms with E-state index in [1.807, 2.05) is 0 Å². The molecule has 0 saturated heterocycles. The minimum atomic E-state index is -0.624. The van der Waals surface area contributed by atoms with Crippen molar-refractivity contribution in [1.29, 1.82) is 0 Å². The van der Waals surface area contributed by atoms with Crippen LogP contribution in [-0.2, 0) is 11.3 Å². The van der Waals surface area contributed by atoms with E-state index in [4.69, 9.17) is 4.42 Å². The lowest BCUT2D eigenvalue weighted by molar-refractivity contribution is -0.122. The minimum Gasteiger partial charge on any atom is -0.408 e. The first-order valence-corrected chi connectivity index (χ1v) is 7.24. The molecule has 1 aromatic carbocycles. The number of fused-ring (bicyclic) bond motifs is 1. The summed E-state index contributed by atoms with van der Waals surface area (Å²) < 4.78 is 6.22. The number of carbonyl (C=O) groups excluding carboxylic acids is 2. The van der Waals surface area contributed by atoms with Crippen molar-refractivity contribution >= 4 is 34.3 Å². The lowest BCUT2D eigenvalue weighted by Crippen LogP contribution is -2.43. The normalized spacial score (nSPS) is 10.5. The Morgan fingerprint density at radius 2 is 1.95 bits per heavy atom. The Kier molecular flexibility index (Phi) is 3.75. The topological polar surface area (TPSA) is 93.3 Å². The highest BCUT2D eigenvalue weighted by molar-refractivity contribution is 7.12. The van der Waals surface area contributed by atoms with Gasteiger partial charge in [-0.25, -0.2) is 4.79 Å². The summed E-state index contributed by atoms with van der Waals surface area (Å²) in [7, 11) is 0. The number of nitrogens with one attached hydrogen (secondary N) is 2. The van der Waals surface area contributed by atoms with Crippen molar-refractivity contribution in [2.45, 2.75) is 6.54 Å². The number of benzene rings is 1. The van der Waals surface area contributed by atoms with E-state index in [2.05, 4.69) is 10.9 Å². The maximum Gasteiger partial charge on any atom is 0.420 e. The number of aromatic nitrogens is 1. The van der Waals surface area contributed by atoms with Gasteiger partial charge >= 0.3 is 5.76 Å². The van der Waals surface area contributed by atoms with Gasteiger partial charge in [0.05, 0.1) is 10.4 Å². The number of hydrogen-bond donors (Lipinski definition) is 2. The molecule has 0 atom stereocenters. The molecule has 0 aliphatic rings. The van der Waals surface area contributed by atoms with Crippen LogP contribution in [0.2, 0.25) is 0 Å². The van der Waals surface area contributed by atoms with E-state index in [1.165, 1.54) is 15.9 Å². The van der Waals surface area contributed by atoms with Crippen molar-refractivity contribution in [3.8, 4) is 0 Å². The summed E-state index contributed by atoms with van der Waals surface area (Å²) in [6.07, 6.45) is 0. The monoisotopic (exact) mass is 317 g/mol. The van der Waals surface area contributed by atoms with Gasteiger partial charge in [0.15, 0.2) is 5.58 Å². The van der Waals surface area contributed by atoms with Crippen LogP contribution in [0.5, 0.6) is 0 Å². The minimum absolute atomic E-state index is 0.249. The largest absolute Gasteiger partial charge is 0.420 e. The van der Waals surface area contributed by atoms with Gasteiger partial charge in [0.2, 0.25) is 0 Å². The molecule has 3 rings (SSSR count). The average molecular weight is 317 g/mol. The average Bonchev–Trinajstić information content (AvgIpc) is 3.14. The van der Waals surface area contributed by atoms with Gasteiger partial charge in [-0.1, -0.05) is 18.2 Å². The van der Waals surface area contributed by atoms with Crippen molar-refractivity contribution in [3.63, 3.8) is 0 Å². The Morgan fingerprint density at radius 1 is 1.14 bits per heavy atom. The van der Waals surface area contributed by atoms with Gasteiger partial charge in [-0.05, 0) is 23.6 Å². The molecule has 8 heteroatoms. The van der Waals surface area contributed by atoms with Crippen LogP contribution in [0.25, 0.3) is 11.1 Å². The second kappa shape index (κ2) is 5.86. The third-order valence-electron chi connectivity index (χ3n) is 2.94. The highest BCUT2D eigenvalue weighted by Gasteiger charge is 2.13. The van der Waals surface area contributed by atoms with Crippen LogP contribution in [0.15, 0.2) is 51.0 Å². The second-order valence-corrected chi connectivity index (χ2v) is 5.35. The predicted octanol–water partition coefficient (Wildman–Crippen LogP) is 1.12. The highest BCUT2D eigenvalue weighted by atomic mass is 32.1. The lowest BCUT2D eigenvalue weighted by atomic mass is 10.3. The summed E-state index contributed by atoms with van der Waals surface area (Å²) in [6.45, 7) is -0.249. The molecule has 3 aromatic rings. The molecule has 0 saturated carbocycles. The van der Waals surface area contributed by atoms with E-state index in [9.17, 15) is 14.4 Å². The van der Waals surface area contributed by atoms with Crippen LogP contribution in [-0.4, -0.2) is 16.4 Å². The summed E-state index contributed by atoms with van der Waals surface area (Å²) >= 11 is 1.26. The number of oxazole rings is 1. The zero-order valence-electron chi connectivity index (χ0n) is 11.2. The maximum absolute atomic E-state index is 11.9. The number of hydrogen-bond acceptors (Lipinski definition) is 5. The van der Waals surface area contributed by atoms with Crippen LogP contribution in [0.1, 0.15) is 9.67 Å². The molecule has 0 spiro atoms. The van der Waals surface area contributed by atoms with Crippen molar-refractivity contribution in [3.05, 3.63) is 57.2 Å². The van der Waals surface area contributed by atoms with E-state index in [0.29, 0.717) is 16.0 Å². The van der Waals surface area contributed by atoms with Crippen LogP contribution in [0.4, 0.5) is 0 Å². The summed E-state index contributed by atoms with van der Waals surface area (Å²) in [5.41, 5.74) is 5.48. The van der Waals surface area contributed by atoms with E-state index >= 15 is 0 Å². The maximum atomic E-state index is 11.9. The van der Waals surface area contributed by atoms with E-state index < -0.39 is 17.6 Å². The van der Waals surface area contributed by atoms with Crippen LogP contribution >= 0.6 is 11.3 Å². The van der Waals surface area contributed by atoms with E-state index in [0.717, 1.165) is 0 Å². The number of hydrazine groups is 1. The fourth-order valence-corrected chi connectivity index (χ4v) is 2.56. The first kappa shape index (κ1) is 14.1. The first-order chi connectivity index (χ1) is 10.6. The molecule has 112 valence electrons. The van der Waals surface area contributed by atoms with Crippen molar-refractivity contribution in [2.24, 2.45) is 0 Å². The summed E-state index contributed by atoms with van der Waals surface area (Å²) in [6, 6.07) is 10.2. The molecule has 0 aliphatic carbocycles. The van der Waals surface area contributed by atoms with Crippen LogP contribution < -0.4 is 16.6 Å². The van der Waals surface area contributed by atoms with Crippen molar-refractivity contribution in [1.82, 2.24) is 15.4 Å². The fourth-order valence-electron chi connectivity index (χ4n) is 1.94. The molecule has 0 radical (unpaired) electrons. The highest BCUT2D eigenvalue weighted by Crippen LogP contribution is 2.11. The predicted molar refractivity (Wildman–Crippen MR) is 80.4 cm³/mol. The summed E-state index contributed by atoms with van der Waals surface area (Å²) in [4.78, 5) is 35.8. The number of para-hydroxylation sites is 2. The number of nitrogens with zero attached hydrogens (tertiary/aromatic N) is 1. The Morgan fingerprint density at radius 3 is 2.73 bits per heavy atom. The third-order valence-corrected chi connectivity index (χ3v) is 3.80. The van der Waals surface area contributed by atoms with Crippen LogP contribution in [0.3, 0.4) is 0 Å². The third kappa shape index (κ3) is 2.77. The number of amides is 2. The number of carbonyl (C=O) groups is 2. The van der Waals surface area contributed by atoms with Crippen LogP contribution in [0, 0.1) is 0 Å². The van der Waals surface area contributed by atoms with E-state index in [-0.39, 0.29) is 6.54 Å². The first-order valence-electron chi connectivity index (χ1n) is 6.36. The molecule has 2 aromatic heterocycles. The molecule has 7 nitrogen and oxygen atoms in total. The summed E-state index contributed by atoms with van der Waals surface area (Å²) in [5.74, 6) is -1.56. The SMILES string of the molecule is O=C(Cn1c(=O)oc2ccccc21)NNC(=O)c1cccs1. The van der Waals surface area contributed by atoms with Gasteiger partial charge in [-0.3, -0.25) is 25.0 Å². The van der Waals surface area contributed by atoms with E-state index in [1.54, 1.807) is 41.8 Å². The molecule has 2 heterocycles. The molecule has 2 N–H and O–H groups in total. The van der Waals surface area contributed by atoms with Crippen molar-refractivity contribution in [2.75, 3.05) is 0 Å². The molecule has 2 amide bonds. The molecule has 0 fully saturated rings. The molecule has 0 unspecified atom stereocenters. The Bertz CT molecular complexity index is 879. The van der Waals surface area contributed by atoms with Gasteiger partial charge in [-0.15, -0.1) is 11.3 Å². The molecular formula is C14H11N3O4S. The van der Waals surface area contributed by atoms with Gasteiger partial charge in [-0.2, -0.15) is 0 Å². The zero-order chi connectivity index (χ0) is 15.5. The van der Waals surface area contributed by atoms with Gasteiger partial charge in [0.1, 0.15) is 6.54 Å². The molecular weight excluding hydrogens is 306 g/mol. The lowest BCUT2D eigenvalue weighted by Gasteiger charge is -2.06. The molecule has 0 bridgehead atoms. The fraction of sp³-hybridized carbons (Fsp3) is 0.0714. The molecule has 0 aliphatic heterocycles. The number of rotatable bonds is 3. The Hall–Kier alpha value is -2.87. The second-order valence-electron chi connectivity index (χ2n) is 4.40. The smallest absolute Gasteiger partial charge is 0.408 e. The Balaban J connectivity index is 1.67.